The highest BCUT2D eigenvalue weighted by Crippen LogP contribution is 2.27. The maximum absolute atomic E-state index is 12.1. The Morgan fingerprint density at radius 3 is 2.54 bits per heavy atom. The van der Waals surface area contributed by atoms with Gasteiger partial charge in [0, 0.05) is 13.3 Å². The highest BCUT2D eigenvalue weighted by Gasteiger charge is 2.26. The third-order valence-corrected chi connectivity index (χ3v) is 3.22. The molecule has 8 heteroatoms. The van der Waals surface area contributed by atoms with E-state index in [2.05, 4.69) is 0 Å². The summed E-state index contributed by atoms with van der Waals surface area (Å²) in [4.78, 5) is 0. The van der Waals surface area contributed by atoms with Crippen LogP contribution in [-0.4, -0.2) is 29.7 Å². The minimum Gasteiger partial charge on any atom is -0.494 e. The number of aliphatic hydroxyl groups is 1. The second-order valence-electron chi connectivity index (χ2n) is 5.40. The van der Waals surface area contributed by atoms with E-state index < -0.39 is 24.6 Å². The number of nitrogens with one attached hydrogen (secondary N) is 2. The van der Waals surface area contributed by atoms with Crippen molar-refractivity contribution < 1.29 is 27.8 Å². The molecule has 1 aromatic rings. The van der Waals surface area contributed by atoms with Crippen LogP contribution in [0.2, 0.25) is 0 Å². The van der Waals surface area contributed by atoms with Crippen LogP contribution in [0.15, 0.2) is 24.3 Å². The molecule has 134 valence electrons. The van der Waals surface area contributed by atoms with Crippen LogP contribution in [0.1, 0.15) is 38.4 Å². The summed E-state index contributed by atoms with van der Waals surface area (Å²) in [7, 11) is 0. The molecule has 1 rings (SSSR count). The number of benzene rings is 1. The standard InChI is InChI=1S/C16H21F3N2O3/c1-10(15(21)24-11(2)20)14(22)12-5-3-6-13(9-12)23-8-4-7-16(17,18)19/h3,5-6,9-10,14,20-22H,4,7-8H2,1-2H3. The number of aliphatic hydroxyl groups excluding tert-OH is 1. The third-order valence-electron chi connectivity index (χ3n) is 3.22. The predicted octanol–water partition coefficient (Wildman–Crippen LogP) is 4.07. The van der Waals surface area contributed by atoms with Crippen LogP contribution < -0.4 is 4.74 Å². The molecule has 0 heterocycles. The molecule has 0 aliphatic heterocycles. The van der Waals surface area contributed by atoms with Crippen LogP contribution in [-0.2, 0) is 4.74 Å². The van der Waals surface area contributed by atoms with Crippen molar-refractivity contribution in [3.8, 4) is 5.75 Å². The quantitative estimate of drug-likeness (QED) is 0.395. The number of ether oxygens (including phenoxy) is 2. The Kier molecular flexibility index (Phi) is 7.21. The molecule has 2 unspecified atom stereocenters. The summed E-state index contributed by atoms with van der Waals surface area (Å²) in [6, 6.07) is 6.32. The lowest BCUT2D eigenvalue weighted by molar-refractivity contribution is -0.136. The van der Waals surface area contributed by atoms with Gasteiger partial charge in [0.2, 0.25) is 0 Å². The molecular weight excluding hydrogens is 325 g/mol. The summed E-state index contributed by atoms with van der Waals surface area (Å²) in [5.41, 5.74) is 0.451. The van der Waals surface area contributed by atoms with Crippen LogP contribution in [0.25, 0.3) is 0 Å². The van der Waals surface area contributed by atoms with E-state index in [1.807, 2.05) is 0 Å². The molecule has 0 fully saturated rings. The molecule has 0 radical (unpaired) electrons. The zero-order chi connectivity index (χ0) is 18.3. The topological polar surface area (TPSA) is 86.4 Å². The Morgan fingerprint density at radius 2 is 1.96 bits per heavy atom. The van der Waals surface area contributed by atoms with Crippen LogP contribution in [0.3, 0.4) is 0 Å². The van der Waals surface area contributed by atoms with E-state index in [4.69, 9.17) is 20.3 Å². The monoisotopic (exact) mass is 346 g/mol. The number of alkyl halides is 3. The molecule has 0 spiro atoms. The van der Waals surface area contributed by atoms with E-state index >= 15 is 0 Å². The lowest BCUT2D eigenvalue weighted by Gasteiger charge is -2.20. The van der Waals surface area contributed by atoms with Crippen LogP contribution in [0.4, 0.5) is 13.2 Å². The van der Waals surface area contributed by atoms with Gasteiger partial charge in [-0.05, 0) is 24.1 Å². The van der Waals surface area contributed by atoms with Crippen molar-refractivity contribution >= 4 is 11.8 Å². The van der Waals surface area contributed by atoms with Crippen molar-refractivity contribution in [3.05, 3.63) is 29.8 Å². The van der Waals surface area contributed by atoms with Gasteiger partial charge in [-0.2, -0.15) is 13.2 Å². The molecule has 0 saturated heterocycles. The zero-order valence-corrected chi connectivity index (χ0v) is 13.5. The van der Waals surface area contributed by atoms with Crippen molar-refractivity contribution in [2.24, 2.45) is 5.92 Å². The second-order valence-corrected chi connectivity index (χ2v) is 5.40. The molecule has 5 nitrogen and oxygen atoms in total. The summed E-state index contributed by atoms with van der Waals surface area (Å²) < 4.78 is 46.3. The van der Waals surface area contributed by atoms with Gasteiger partial charge in [0.25, 0.3) is 0 Å². The lowest BCUT2D eigenvalue weighted by Crippen LogP contribution is -2.22. The lowest BCUT2D eigenvalue weighted by atomic mass is 9.97. The average molecular weight is 346 g/mol. The van der Waals surface area contributed by atoms with Gasteiger partial charge in [0.1, 0.15) is 5.75 Å². The molecule has 0 saturated carbocycles. The number of halogens is 3. The first-order valence-corrected chi connectivity index (χ1v) is 7.39. The van der Waals surface area contributed by atoms with Gasteiger partial charge in [0.05, 0.1) is 18.6 Å². The first-order chi connectivity index (χ1) is 11.1. The Labute approximate surface area is 138 Å². The average Bonchev–Trinajstić information content (AvgIpc) is 2.49. The van der Waals surface area contributed by atoms with E-state index in [0.29, 0.717) is 11.3 Å². The molecule has 24 heavy (non-hydrogen) atoms. The van der Waals surface area contributed by atoms with Crippen LogP contribution in [0.5, 0.6) is 5.75 Å². The van der Waals surface area contributed by atoms with Crippen LogP contribution in [0, 0.1) is 16.7 Å². The minimum atomic E-state index is -4.20. The van der Waals surface area contributed by atoms with E-state index in [1.54, 1.807) is 25.1 Å². The van der Waals surface area contributed by atoms with Crippen molar-refractivity contribution in [1.82, 2.24) is 0 Å². The fourth-order valence-corrected chi connectivity index (χ4v) is 1.94. The highest BCUT2D eigenvalue weighted by molar-refractivity contribution is 5.88. The molecular formula is C16H21F3N2O3. The smallest absolute Gasteiger partial charge is 0.389 e. The Hall–Kier alpha value is -2.09. The molecule has 0 aromatic heterocycles. The molecule has 0 aliphatic rings. The summed E-state index contributed by atoms with van der Waals surface area (Å²) in [6.07, 6.45) is -6.33. The summed E-state index contributed by atoms with van der Waals surface area (Å²) in [5.74, 6) is -0.741. The fraction of sp³-hybridized carbons (Fsp3) is 0.500. The third kappa shape index (κ3) is 6.99. The Balaban J connectivity index is 2.63. The van der Waals surface area contributed by atoms with Gasteiger partial charge >= 0.3 is 6.18 Å². The summed E-state index contributed by atoms with van der Waals surface area (Å²) in [6.45, 7) is 2.87. The predicted molar refractivity (Wildman–Crippen MR) is 83.6 cm³/mol. The molecule has 1 aromatic carbocycles. The number of rotatable bonds is 7. The first kappa shape index (κ1) is 20.0. The highest BCUT2D eigenvalue weighted by atomic mass is 19.4. The Morgan fingerprint density at radius 1 is 1.29 bits per heavy atom. The first-order valence-electron chi connectivity index (χ1n) is 7.39. The van der Waals surface area contributed by atoms with Crippen molar-refractivity contribution in [2.75, 3.05) is 6.61 Å². The molecule has 2 atom stereocenters. The van der Waals surface area contributed by atoms with Crippen molar-refractivity contribution in [3.63, 3.8) is 0 Å². The van der Waals surface area contributed by atoms with Crippen molar-refractivity contribution in [1.29, 1.82) is 10.8 Å². The Bertz CT molecular complexity index is 576. The molecule has 3 N–H and O–H groups in total. The van der Waals surface area contributed by atoms with Crippen molar-refractivity contribution in [2.45, 2.75) is 39.0 Å². The van der Waals surface area contributed by atoms with Crippen LogP contribution >= 0.6 is 0 Å². The van der Waals surface area contributed by atoms with Gasteiger partial charge in [-0.3, -0.25) is 10.8 Å². The van der Waals surface area contributed by atoms with E-state index in [1.165, 1.54) is 13.0 Å². The largest absolute Gasteiger partial charge is 0.494 e. The normalized spacial score (nSPS) is 13.9. The van der Waals surface area contributed by atoms with Gasteiger partial charge < -0.3 is 14.6 Å². The van der Waals surface area contributed by atoms with Gasteiger partial charge in [-0.25, -0.2) is 0 Å². The molecule has 0 amide bonds. The minimum absolute atomic E-state index is 0.0828. The van der Waals surface area contributed by atoms with E-state index in [-0.39, 0.29) is 24.8 Å². The van der Waals surface area contributed by atoms with E-state index in [9.17, 15) is 18.3 Å². The maximum atomic E-state index is 12.1. The van der Waals surface area contributed by atoms with Gasteiger partial charge in [-0.1, -0.05) is 19.1 Å². The number of hydrogen-bond acceptors (Lipinski definition) is 5. The van der Waals surface area contributed by atoms with Gasteiger partial charge in [0.15, 0.2) is 11.8 Å². The molecule has 0 aliphatic carbocycles. The maximum Gasteiger partial charge on any atom is 0.389 e. The molecule has 0 bridgehead atoms. The summed E-state index contributed by atoms with van der Waals surface area (Å²) >= 11 is 0. The second kappa shape index (κ2) is 8.68. The summed E-state index contributed by atoms with van der Waals surface area (Å²) in [5, 5.41) is 25.2. The van der Waals surface area contributed by atoms with Gasteiger partial charge in [-0.15, -0.1) is 0 Å². The number of hydrogen-bond donors (Lipinski definition) is 3. The zero-order valence-electron chi connectivity index (χ0n) is 13.5. The SMILES string of the molecule is CC(=N)OC(=N)C(C)C(O)c1cccc(OCCCC(F)(F)F)c1. The van der Waals surface area contributed by atoms with E-state index in [0.717, 1.165) is 0 Å². The fourth-order valence-electron chi connectivity index (χ4n) is 1.94.